The van der Waals surface area contributed by atoms with Gasteiger partial charge in [-0.1, -0.05) is 43.6 Å². The number of hydrogen-bond acceptors (Lipinski definition) is 7. The molecule has 45 heavy (non-hydrogen) atoms. The Morgan fingerprint density at radius 3 is 2.64 bits per heavy atom. The van der Waals surface area contributed by atoms with E-state index in [1.165, 1.54) is 4.68 Å². The van der Waals surface area contributed by atoms with Crippen LogP contribution in [0.4, 0.5) is 0 Å². The number of aryl methyl sites for hydroxylation is 1. The molecule has 230 valence electrons. The summed E-state index contributed by atoms with van der Waals surface area (Å²) in [5.74, 6) is 3.34. The zero-order valence-corrected chi connectivity index (χ0v) is 27.6. The Morgan fingerprint density at radius 1 is 1.07 bits per heavy atom. The van der Waals surface area contributed by atoms with Crippen molar-refractivity contribution in [3.8, 4) is 34.4 Å². The molecule has 8 nitrogen and oxygen atoms in total. The molecule has 0 spiro atoms. The molecule has 2 heterocycles. The van der Waals surface area contributed by atoms with Crippen LogP contribution in [0.3, 0.4) is 0 Å². The van der Waals surface area contributed by atoms with Gasteiger partial charge in [0.05, 0.1) is 33.2 Å². The van der Waals surface area contributed by atoms with E-state index in [0.717, 1.165) is 28.0 Å². The number of benzene rings is 4. The molecule has 0 atom stereocenters. The van der Waals surface area contributed by atoms with Crippen LogP contribution in [0, 0.1) is 6.92 Å². The second kappa shape index (κ2) is 12.9. The summed E-state index contributed by atoms with van der Waals surface area (Å²) in [5, 5.41) is 5.51. The van der Waals surface area contributed by atoms with Crippen molar-refractivity contribution < 1.29 is 18.9 Å². The lowest BCUT2D eigenvalue weighted by Gasteiger charge is -2.18. The quantitative estimate of drug-likeness (QED) is 0.145. The van der Waals surface area contributed by atoms with Gasteiger partial charge in [0.1, 0.15) is 12.4 Å². The van der Waals surface area contributed by atoms with Gasteiger partial charge in [-0.15, -0.1) is 0 Å². The van der Waals surface area contributed by atoms with E-state index in [9.17, 15) is 4.79 Å². The van der Waals surface area contributed by atoms with Crippen LogP contribution in [0.15, 0.2) is 81.1 Å². The molecule has 0 bridgehead atoms. The lowest BCUT2D eigenvalue weighted by molar-refractivity contribution is 0.174. The van der Waals surface area contributed by atoms with Crippen molar-refractivity contribution in [2.24, 2.45) is 5.10 Å². The van der Waals surface area contributed by atoms with Crippen molar-refractivity contribution in [3.63, 3.8) is 0 Å². The van der Waals surface area contributed by atoms with Gasteiger partial charge < -0.3 is 18.9 Å². The van der Waals surface area contributed by atoms with Gasteiger partial charge in [-0.2, -0.15) is 9.78 Å². The standard InChI is InChI=1S/C35H31BrClN3O5/c1-5-42-31-12-21(4)26(16-25(31)20(2)3)34-39-29-9-7-6-8-24(29)35(41)40(34)38-17-23-13-27(36)33(28(37)14-23)43-18-22-10-11-30-32(15-22)45-19-44-30/h6-17,20H,5,18-19H2,1-4H3. The number of halogens is 2. The highest BCUT2D eigenvalue weighted by atomic mass is 79.9. The first-order chi connectivity index (χ1) is 21.7. The van der Waals surface area contributed by atoms with E-state index in [-0.39, 0.29) is 24.9 Å². The maximum atomic E-state index is 13.8. The van der Waals surface area contributed by atoms with Crippen LogP contribution in [-0.4, -0.2) is 29.3 Å². The van der Waals surface area contributed by atoms with E-state index in [1.807, 2.05) is 68.4 Å². The molecule has 0 unspecified atom stereocenters. The molecule has 4 aromatic carbocycles. The fourth-order valence-corrected chi connectivity index (χ4v) is 6.17. The number of fused-ring (bicyclic) bond motifs is 2. The fourth-order valence-electron chi connectivity index (χ4n) is 5.18. The molecule has 0 saturated heterocycles. The summed E-state index contributed by atoms with van der Waals surface area (Å²) < 4.78 is 24.8. The highest BCUT2D eigenvalue weighted by Crippen LogP contribution is 2.37. The third-order valence-electron chi connectivity index (χ3n) is 7.44. The Labute approximate surface area is 274 Å². The summed E-state index contributed by atoms with van der Waals surface area (Å²) in [6.07, 6.45) is 1.59. The maximum Gasteiger partial charge on any atom is 0.282 e. The zero-order chi connectivity index (χ0) is 31.7. The minimum atomic E-state index is -0.278. The monoisotopic (exact) mass is 687 g/mol. The molecule has 1 aliphatic rings. The molecule has 6 rings (SSSR count). The molecule has 1 aromatic heterocycles. The SMILES string of the molecule is CCOc1cc(C)c(-c2nc3ccccc3c(=O)n2N=Cc2cc(Cl)c(OCc3ccc4c(c3)OCO4)c(Br)c2)cc1C(C)C. The molecule has 0 saturated carbocycles. The summed E-state index contributed by atoms with van der Waals surface area (Å²) >= 11 is 10.3. The van der Waals surface area contributed by atoms with Gasteiger partial charge in [-0.3, -0.25) is 4.79 Å². The molecule has 0 aliphatic carbocycles. The molecule has 0 fully saturated rings. The lowest BCUT2D eigenvalue weighted by Crippen LogP contribution is -2.21. The van der Waals surface area contributed by atoms with Crippen LogP contribution >= 0.6 is 27.5 Å². The molecule has 0 amide bonds. The van der Waals surface area contributed by atoms with Gasteiger partial charge in [0.2, 0.25) is 6.79 Å². The van der Waals surface area contributed by atoms with Crippen LogP contribution in [0.5, 0.6) is 23.0 Å². The highest BCUT2D eigenvalue weighted by molar-refractivity contribution is 9.10. The number of rotatable bonds is 9. The highest BCUT2D eigenvalue weighted by Gasteiger charge is 2.19. The molecule has 10 heteroatoms. The van der Waals surface area contributed by atoms with E-state index in [2.05, 4.69) is 34.9 Å². The van der Waals surface area contributed by atoms with E-state index >= 15 is 0 Å². The van der Waals surface area contributed by atoms with Gasteiger partial charge in [0, 0.05) is 5.56 Å². The van der Waals surface area contributed by atoms with Crippen molar-refractivity contribution in [3.05, 3.63) is 109 Å². The van der Waals surface area contributed by atoms with Gasteiger partial charge in [0.25, 0.3) is 5.56 Å². The number of nitrogens with zero attached hydrogens (tertiary/aromatic N) is 3. The fraction of sp³-hybridized carbons (Fsp3) is 0.229. The topological polar surface area (TPSA) is 84.2 Å². The predicted molar refractivity (Wildman–Crippen MR) is 180 cm³/mol. The Kier molecular flexibility index (Phi) is 8.83. The summed E-state index contributed by atoms with van der Waals surface area (Å²) in [6.45, 7) is 9.22. The minimum Gasteiger partial charge on any atom is -0.494 e. The molecular weight excluding hydrogens is 658 g/mol. The zero-order valence-electron chi connectivity index (χ0n) is 25.3. The van der Waals surface area contributed by atoms with Crippen LogP contribution in [0.25, 0.3) is 22.3 Å². The van der Waals surface area contributed by atoms with Crippen molar-refractivity contribution in [2.75, 3.05) is 13.4 Å². The maximum absolute atomic E-state index is 13.8. The Balaban J connectivity index is 1.36. The Bertz CT molecular complexity index is 1980. The van der Waals surface area contributed by atoms with E-state index in [4.69, 9.17) is 35.5 Å². The van der Waals surface area contributed by atoms with Gasteiger partial charge >= 0.3 is 0 Å². The van der Waals surface area contributed by atoms with Gasteiger partial charge in [-0.25, -0.2) is 4.98 Å². The average molecular weight is 689 g/mol. The van der Waals surface area contributed by atoms with E-state index in [0.29, 0.717) is 55.6 Å². The second-order valence-electron chi connectivity index (χ2n) is 10.9. The Morgan fingerprint density at radius 2 is 1.87 bits per heavy atom. The van der Waals surface area contributed by atoms with Crippen LogP contribution in [0.2, 0.25) is 5.02 Å². The van der Waals surface area contributed by atoms with E-state index in [1.54, 1.807) is 18.3 Å². The molecule has 0 N–H and O–H groups in total. The molecule has 1 aliphatic heterocycles. The number of hydrogen-bond donors (Lipinski definition) is 0. The lowest BCUT2D eigenvalue weighted by atomic mass is 9.96. The number of aromatic nitrogens is 2. The smallest absolute Gasteiger partial charge is 0.282 e. The third kappa shape index (κ3) is 6.28. The van der Waals surface area contributed by atoms with Crippen LogP contribution < -0.4 is 24.5 Å². The molecule has 5 aromatic rings. The van der Waals surface area contributed by atoms with Gasteiger partial charge in [-0.05, 0) is 106 Å². The molecule has 0 radical (unpaired) electrons. The van der Waals surface area contributed by atoms with Crippen molar-refractivity contribution in [1.29, 1.82) is 0 Å². The largest absolute Gasteiger partial charge is 0.494 e. The summed E-state index contributed by atoms with van der Waals surface area (Å²) in [7, 11) is 0. The summed E-state index contributed by atoms with van der Waals surface area (Å²) in [5.41, 5.74) is 4.64. The first-order valence-corrected chi connectivity index (χ1v) is 15.7. The van der Waals surface area contributed by atoms with Crippen molar-refractivity contribution in [2.45, 2.75) is 40.2 Å². The van der Waals surface area contributed by atoms with Gasteiger partial charge in [0.15, 0.2) is 23.1 Å². The Hall–Kier alpha value is -4.34. The van der Waals surface area contributed by atoms with Crippen molar-refractivity contribution >= 4 is 44.6 Å². The second-order valence-corrected chi connectivity index (χ2v) is 12.2. The summed E-state index contributed by atoms with van der Waals surface area (Å²) in [4.78, 5) is 18.8. The molecular formula is C35H31BrClN3O5. The first-order valence-electron chi connectivity index (χ1n) is 14.6. The minimum absolute atomic E-state index is 0.195. The normalized spacial score (nSPS) is 12.4. The number of ether oxygens (including phenoxy) is 4. The van der Waals surface area contributed by atoms with Crippen LogP contribution in [-0.2, 0) is 6.61 Å². The third-order valence-corrected chi connectivity index (χ3v) is 8.31. The first kappa shape index (κ1) is 30.7. The van der Waals surface area contributed by atoms with Crippen LogP contribution in [0.1, 0.15) is 48.9 Å². The predicted octanol–water partition coefficient (Wildman–Crippen LogP) is 8.50. The average Bonchev–Trinajstić information content (AvgIpc) is 3.48. The van der Waals surface area contributed by atoms with E-state index < -0.39 is 0 Å². The summed E-state index contributed by atoms with van der Waals surface area (Å²) in [6, 6.07) is 20.6. The number of para-hydroxylation sites is 1. The van der Waals surface area contributed by atoms with Crippen molar-refractivity contribution in [1.82, 2.24) is 9.66 Å².